The molecule has 0 bridgehead atoms. The van der Waals surface area contributed by atoms with Crippen LogP contribution in [-0.4, -0.2) is 15.9 Å². The van der Waals surface area contributed by atoms with Crippen LogP contribution >= 0.6 is 11.6 Å². The second kappa shape index (κ2) is 7.03. The SMILES string of the molecule is Cc1ccc(-c2ncc(C(=O)Nc3ccc(Cl)cc3C)c(C)n2)cc1. The lowest BCUT2D eigenvalue weighted by Gasteiger charge is -2.10. The minimum absolute atomic E-state index is 0.238. The van der Waals surface area contributed by atoms with E-state index in [0.717, 1.165) is 16.8 Å². The zero-order valence-electron chi connectivity index (χ0n) is 14.3. The molecule has 3 rings (SSSR count). The molecule has 0 saturated heterocycles. The minimum Gasteiger partial charge on any atom is -0.322 e. The number of halogens is 1. The van der Waals surface area contributed by atoms with Gasteiger partial charge in [0, 0.05) is 22.5 Å². The van der Waals surface area contributed by atoms with Gasteiger partial charge < -0.3 is 5.32 Å². The van der Waals surface area contributed by atoms with E-state index in [1.54, 1.807) is 24.4 Å². The Morgan fingerprint density at radius 1 is 1.04 bits per heavy atom. The van der Waals surface area contributed by atoms with Crippen molar-refractivity contribution in [1.29, 1.82) is 0 Å². The zero-order chi connectivity index (χ0) is 18.0. The van der Waals surface area contributed by atoms with Gasteiger partial charge in [0.25, 0.3) is 5.91 Å². The molecule has 0 fully saturated rings. The highest BCUT2D eigenvalue weighted by Gasteiger charge is 2.14. The van der Waals surface area contributed by atoms with Crippen molar-refractivity contribution < 1.29 is 4.79 Å². The molecule has 1 N–H and O–H groups in total. The molecule has 0 aliphatic heterocycles. The number of carbonyl (C=O) groups excluding carboxylic acids is 1. The molecule has 0 aliphatic rings. The van der Waals surface area contributed by atoms with E-state index >= 15 is 0 Å². The molecule has 126 valence electrons. The van der Waals surface area contributed by atoms with Crippen LogP contribution in [0.15, 0.2) is 48.7 Å². The van der Waals surface area contributed by atoms with Crippen molar-refractivity contribution in [3.05, 3.63) is 76.1 Å². The van der Waals surface area contributed by atoms with Gasteiger partial charge in [-0.05, 0) is 44.5 Å². The van der Waals surface area contributed by atoms with E-state index in [2.05, 4.69) is 15.3 Å². The first-order valence-corrected chi connectivity index (χ1v) is 8.30. The molecule has 1 amide bonds. The van der Waals surface area contributed by atoms with Gasteiger partial charge in [-0.3, -0.25) is 4.79 Å². The maximum absolute atomic E-state index is 12.5. The monoisotopic (exact) mass is 351 g/mol. The molecule has 3 aromatic rings. The van der Waals surface area contributed by atoms with E-state index in [1.165, 1.54) is 5.56 Å². The molecule has 5 heteroatoms. The Bertz CT molecular complexity index is 936. The second-order valence-corrected chi connectivity index (χ2v) is 6.41. The van der Waals surface area contributed by atoms with Crippen molar-refractivity contribution in [2.75, 3.05) is 5.32 Å². The third kappa shape index (κ3) is 3.86. The number of carbonyl (C=O) groups is 1. The van der Waals surface area contributed by atoms with Crippen LogP contribution in [0.3, 0.4) is 0 Å². The largest absolute Gasteiger partial charge is 0.322 e. The molecule has 0 atom stereocenters. The van der Waals surface area contributed by atoms with E-state index in [4.69, 9.17) is 11.6 Å². The maximum atomic E-state index is 12.5. The summed E-state index contributed by atoms with van der Waals surface area (Å²) in [6.45, 7) is 5.73. The van der Waals surface area contributed by atoms with Crippen molar-refractivity contribution in [3.63, 3.8) is 0 Å². The summed E-state index contributed by atoms with van der Waals surface area (Å²) in [6, 6.07) is 13.3. The topological polar surface area (TPSA) is 54.9 Å². The van der Waals surface area contributed by atoms with Crippen LogP contribution in [0.5, 0.6) is 0 Å². The van der Waals surface area contributed by atoms with Crippen LogP contribution in [-0.2, 0) is 0 Å². The van der Waals surface area contributed by atoms with Crippen LogP contribution in [0, 0.1) is 20.8 Å². The molecular formula is C20H18ClN3O. The lowest BCUT2D eigenvalue weighted by atomic mass is 10.1. The summed E-state index contributed by atoms with van der Waals surface area (Å²) in [5, 5.41) is 3.52. The number of aromatic nitrogens is 2. The number of benzene rings is 2. The number of rotatable bonds is 3. The van der Waals surface area contributed by atoms with E-state index in [0.29, 0.717) is 22.1 Å². The Balaban J connectivity index is 1.85. The molecule has 1 heterocycles. The van der Waals surface area contributed by atoms with Crippen LogP contribution in [0.1, 0.15) is 27.2 Å². The summed E-state index contributed by atoms with van der Waals surface area (Å²) in [7, 11) is 0. The van der Waals surface area contributed by atoms with Gasteiger partial charge in [0.1, 0.15) is 0 Å². The van der Waals surface area contributed by atoms with Crippen molar-refractivity contribution >= 4 is 23.2 Å². The quantitative estimate of drug-likeness (QED) is 0.724. The van der Waals surface area contributed by atoms with Crippen LogP contribution in [0.25, 0.3) is 11.4 Å². The molecule has 0 spiro atoms. The summed E-state index contributed by atoms with van der Waals surface area (Å²) in [5.74, 6) is 0.370. The first-order chi connectivity index (χ1) is 11.9. The second-order valence-electron chi connectivity index (χ2n) is 5.97. The minimum atomic E-state index is -0.238. The molecule has 2 aromatic carbocycles. The van der Waals surface area contributed by atoms with Gasteiger partial charge in [0.05, 0.1) is 11.3 Å². The van der Waals surface area contributed by atoms with Crippen molar-refractivity contribution in [3.8, 4) is 11.4 Å². The summed E-state index contributed by atoms with van der Waals surface area (Å²) in [5.41, 5.74) is 4.80. The lowest BCUT2D eigenvalue weighted by molar-refractivity contribution is 0.102. The smallest absolute Gasteiger partial charge is 0.259 e. The van der Waals surface area contributed by atoms with Gasteiger partial charge in [-0.1, -0.05) is 41.4 Å². The molecule has 0 radical (unpaired) electrons. The standard InChI is InChI=1S/C20H18ClN3O/c1-12-4-6-15(7-5-12)19-22-11-17(14(3)23-19)20(25)24-18-9-8-16(21)10-13(18)2/h4-11H,1-3H3,(H,24,25). The Labute approximate surface area is 151 Å². The molecule has 0 saturated carbocycles. The Morgan fingerprint density at radius 3 is 2.40 bits per heavy atom. The molecule has 1 aromatic heterocycles. The van der Waals surface area contributed by atoms with Gasteiger partial charge in [-0.2, -0.15) is 0 Å². The highest BCUT2D eigenvalue weighted by Crippen LogP contribution is 2.21. The van der Waals surface area contributed by atoms with Crippen LogP contribution < -0.4 is 5.32 Å². The number of aryl methyl sites for hydroxylation is 3. The zero-order valence-corrected chi connectivity index (χ0v) is 15.1. The molecule has 4 nitrogen and oxygen atoms in total. The fourth-order valence-electron chi connectivity index (χ4n) is 2.49. The number of nitrogens with one attached hydrogen (secondary N) is 1. The number of hydrogen-bond donors (Lipinski definition) is 1. The van der Waals surface area contributed by atoms with E-state index in [-0.39, 0.29) is 5.91 Å². The average molecular weight is 352 g/mol. The number of nitrogens with zero attached hydrogens (tertiary/aromatic N) is 2. The number of anilines is 1. The van der Waals surface area contributed by atoms with Crippen molar-refractivity contribution in [2.24, 2.45) is 0 Å². The normalized spacial score (nSPS) is 10.6. The van der Waals surface area contributed by atoms with Gasteiger partial charge in [0.15, 0.2) is 5.82 Å². The molecular weight excluding hydrogens is 334 g/mol. The van der Waals surface area contributed by atoms with Crippen molar-refractivity contribution in [1.82, 2.24) is 9.97 Å². The predicted octanol–water partition coefficient (Wildman–Crippen LogP) is 4.97. The average Bonchev–Trinajstić information content (AvgIpc) is 2.58. The van der Waals surface area contributed by atoms with Crippen LogP contribution in [0.2, 0.25) is 5.02 Å². The summed E-state index contributed by atoms with van der Waals surface area (Å²) >= 11 is 5.95. The highest BCUT2D eigenvalue weighted by atomic mass is 35.5. The molecule has 25 heavy (non-hydrogen) atoms. The third-order valence-electron chi connectivity index (χ3n) is 3.97. The first kappa shape index (κ1) is 17.1. The lowest BCUT2D eigenvalue weighted by Crippen LogP contribution is -2.15. The van der Waals surface area contributed by atoms with E-state index in [1.807, 2.05) is 45.0 Å². The highest BCUT2D eigenvalue weighted by molar-refractivity contribution is 6.30. The van der Waals surface area contributed by atoms with Crippen molar-refractivity contribution in [2.45, 2.75) is 20.8 Å². The maximum Gasteiger partial charge on any atom is 0.259 e. The first-order valence-electron chi connectivity index (χ1n) is 7.92. The Morgan fingerprint density at radius 2 is 1.76 bits per heavy atom. The van der Waals surface area contributed by atoms with Crippen LogP contribution in [0.4, 0.5) is 5.69 Å². The number of hydrogen-bond acceptors (Lipinski definition) is 3. The Hall–Kier alpha value is -2.72. The molecule has 0 unspecified atom stereocenters. The fraction of sp³-hybridized carbons (Fsp3) is 0.150. The van der Waals surface area contributed by atoms with Gasteiger partial charge in [-0.15, -0.1) is 0 Å². The molecule has 0 aliphatic carbocycles. The van der Waals surface area contributed by atoms with Gasteiger partial charge >= 0.3 is 0 Å². The van der Waals surface area contributed by atoms with Gasteiger partial charge in [-0.25, -0.2) is 9.97 Å². The Kier molecular flexibility index (Phi) is 4.81. The van der Waals surface area contributed by atoms with E-state index < -0.39 is 0 Å². The number of amides is 1. The summed E-state index contributed by atoms with van der Waals surface area (Å²) in [4.78, 5) is 21.4. The fourth-order valence-corrected chi connectivity index (χ4v) is 2.72. The van der Waals surface area contributed by atoms with E-state index in [9.17, 15) is 4.79 Å². The van der Waals surface area contributed by atoms with Gasteiger partial charge in [0.2, 0.25) is 0 Å². The summed E-state index contributed by atoms with van der Waals surface area (Å²) < 4.78 is 0. The third-order valence-corrected chi connectivity index (χ3v) is 4.21. The predicted molar refractivity (Wildman–Crippen MR) is 101 cm³/mol. The summed E-state index contributed by atoms with van der Waals surface area (Å²) in [6.07, 6.45) is 1.57.